The first-order chi connectivity index (χ1) is 24.3. The third-order valence-corrected chi connectivity index (χ3v) is 10.7. The molecule has 0 fully saturated rings. The highest BCUT2D eigenvalue weighted by molar-refractivity contribution is 7.17. The Bertz CT molecular complexity index is 2490. The van der Waals surface area contributed by atoms with E-state index in [1.807, 2.05) is 29.5 Å². The van der Waals surface area contributed by atoms with E-state index in [1.165, 1.54) is 53.2 Å². The number of hydrogen-bond donors (Lipinski definition) is 0. The number of nitrogens with zero attached hydrogens (tertiary/aromatic N) is 3. The fourth-order valence-electron chi connectivity index (χ4n) is 6.99. The largest absolute Gasteiger partial charge is 0.212 e. The van der Waals surface area contributed by atoms with Crippen LogP contribution < -0.4 is 9.75 Å². The molecule has 2 aliphatic rings. The maximum Gasteiger partial charge on any atom is 0.163 e. The van der Waals surface area contributed by atoms with Gasteiger partial charge in [-0.3, -0.25) is 0 Å². The van der Waals surface area contributed by atoms with Crippen molar-refractivity contribution in [3.63, 3.8) is 0 Å². The van der Waals surface area contributed by atoms with Gasteiger partial charge in [0.2, 0.25) is 0 Å². The number of aromatic nitrogens is 3. The van der Waals surface area contributed by atoms with Crippen LogP contribution in [-0.2, 0) is 0 Å². The molecule has 49 heavy (non-hydrogen) atoms. The zero-order valence-corrected chi connectivity index (χ0v) is 27.8. The Kier molecular flexibility index (Phi) is 7.64. The summed E-state index contributed by atoms with van der Waals surface area (Å²) in [4.78, 5) is 14.9. The molecular weight excluding hydrogens is 615 g/mol. The van der Waals surface area contributed by atoms with E-state index >= 15 is 0 Å². The second-order valence-corrected chi connectivity index (χ2v) is 13.7. The van der Waals surface area contributed by atoms with Crippen LogP contribution in [0.4, 0.5) is 0 Å². The lowest BCUT2D eigenvalue weighted by Gasteiger charge is -2.15. The molecule has 7 aromatic rings. The Labute approximate surface area is 290 Å². The fraction of sp³-hybridized carbons (Fsp3) is 0.0889. The molecule has 2 heterocycles. The maximum atomic E-state index is 5.01. The van der Waals surface area contributed by atoms with Gasteiger partial charge in [0.25, 0.3) is 0 Å². The van der Waals surface area contributed by atoms with Gasteiger partial charge in [0, 0.05) is 36.9 Å². The van der Waals surface area contributed by atoms with Crippen molar-refractivity contribution in [2.24, 2.45) is 0 Å². The van der Waals surface area contributed by atoms with E-state index in [4.69, 9.17) is 15.0 Å². The van der Waals surface area contributed by atoms with Crippen LogP contribution in [0.2, 0.25) is 0 Å². The van der Waals surface area contributed by atoms with Crippen molar-refractivity contribution >= 4 is 33.1 Å². The van der Waals surface area contributed by atoms with Gasteiger partial charge in [0.05, 0.1) is 0 Å². The molecule has 5 aromatic carbocycles. The lowest BCUT2D eigenvalue weighted by atomic mass is 9.93. The lowest BCUT2D eigenvalue weighted by Crippen LogP contribution is -2.25. The summed E-state index contributed by atoms with van der Waals surface area (Å²) >= 11 is 1.90. The minimum Gasteiger partial charge on any atom is -0.212 e. The van der Waals surface area contributed by atoms with Crippen LogP contribution in [0.3, 0.4) is 0 Å². The van der Waals surface area contributed by atoms with E-state index in [9.17, 15) is 0 Å². The predicted molar refractivity (Wildman–Crippen MR) is 204 cm³/mol. The Hall–Kier alpha value is -5.71. The van der Waals surface area contributed by atoms with Crippen LogP contribution in [0.15, 0.2) is 152 Å². The average Bonchev–Trinajstić information content (AvgIpc) is 3.57. The van der Waals surface area contributed by atoms with E-state index in [1.54, 1.807) is 0 Å². The monoisotopic (exact) mass is 647 g/mol. The number of thiophene rings is 1. The standard InChI is InChI=1S/C45H33N3S/c1-4-11-30(12-5-1)31-19-21-32(22-20-31)37-27-28-40-39(29-37)42-38(17-10-18-41(42)49-40)33-23-25-36(26-24-33)45-47-43(34-13-6-2-7-14-34)46-44(48-45)35-15-8-3-9-16-35/h1-9,11-15,18-29,35H,10,16-17H2. The second-order valence-electron chi connectivity index (χ2n) is 12.7. The molecular formula is C45H33N3S. The normalized spacial score (nSPS) is 15.3. The smallest absolute Gasteiger partial charge is 0.163 e. The minimum atomic E-state index is 0.138. The summed E-state index contributed by atoms with van der Waals surface area (Å²) in [5.41, 5.74) is 9.62. The Morgan fingerprint density at radius 1 is 0.551 bits per heavy atom. The highest BCUT2D eigenvalue weighted by Gasteiger charge is 2.18. The van der Waals surface area contributed by atoms with Crippen molar-refractivity contribution in [2.75, 3.05) is 0 Å². The molecule has 4 heteroatoms. The van der Waals surface area contributed by atoms with Gasteiger partial charge < -0.3 is 0 Å². The predicted octanol–water partition coefficient (Wildman–Crippen LogP) is 10.1. The van der Waals surface area contributed by atoms with Gasteiger partial charge in [-0.25, -0.2) is 15.0 Å². The maximum absolute atomic E-state index is 5.01. The zero-order valence-electron chi connectivity index (χ0n) is 27.0. The van der Waals surface area contributed by atoms with Crippen LogP contribution in [0, 0.1) is 0 Å². The summed E-state index contributed by atoms with van der Waals surface area (Å²) < 4.78 is 2.71. The molecule has 0 amide bonds. The van der Waals surface area contributed by atoms with Crippen LogP contribution in [-0.4, -0.2) is 15.0 Å². The summed E-state index contributed by atoms with van der Waals surface area (Å²) in [6, 6.07) is 45.5. The molecule has 234 valence electrons. The third kappa shape index (κ3) is 5.75. The summed E-state index contributed by atoms with van der Waals surface area (Å²) in [5, 5.41) is 2.72. The Morgan fingerprint density at radius 3 is 1.84 bits per heavy atom. The van der Waals surface area contributed by atoms with E-state index in [-0.39, 0.29) is 5.92 Å². The molecule has 0 radical (unpaired) electrons. The zero-order chi connectivity index (χ0) is 32.6. The first-order valence-corrected chi connectivity index (χ1v) is 17.8. The van der Waals surface area contributed by atoms with Gasteiger partial charge in [-0.05, 0) is 64.8 Å². The van der Waals surface area contributed by atoms with E-state index < -0.39 is 0 Å². The number of allylic oxidation sites excluding steroid dienone is 4. The molecule has 9 rings (SSSR count). The highest BCUT2D eigenvalue weighted by atomic mass is 32.1. The molecule has 0 bridgehead atoms. The van der Waals surface area contributed by atoms with Crippen molar-refractivity contribution in [1.82, 2.24) is 15.0 Å². The van der Waals surface area contributed by atoms with Gasteiger partial charge in [0.15, 0.2) is 11.6 Å². The molecule has 1 atom stereocenters. The van der Waals surface area contributed by atoms with E-state index in [2.05, 4.69) is 140 Å². The number of fused-ring (bicyclic) bond motifs is 3. The number of hydrogen-bond acceptors (Lipinski definition) is 4. The Balaban J connectivity index is 1.10. The fourth-order valence-corrected chi connectivity index (χ4v) is 8.17. The van der Waals surface area contributed by atoms with Crippen molar-refractivity contribution in [3.05, 3.63) is 173 Å². The van der Waals surface area contributed by atoms with Gasteiger partial charge in [-0.1, -0.05) is 146 Å². The van der Waals surface area contributed by atoms with Gasteiger partial charge in [0.1, 0.15) is 5.82 Å². The Morgan fingerprint density at radius 2 is 1.14 bits per heavy atom. The first-order valence-electron chi connectivity index (χ1n) is 16.9. The van der Waals surface area contributed by atoms with Crippen LogP contribution in [0.5, 0.6) is 0 Å². The summed E-state index contributed by atoms with van der Waals surface area (Å²) in [6.07, 6.45) is 13.9. The molecule has 0 N–H and O–H groups in total. The topological polar surface area (TPSA) is 38.7 Å². The molecule has 0 spiro atoms. The molecule has 2 aliphatic carbocycles. The van der Waals surface area contributed by atoms with E-state index in [0.29, 0.717) is 11.6 Å². The van der Waals surface area contributed by atoms with Crippen molar-refractivity contribution in [3.8, 4) is 45.0 Å². The second kappa shape index (κ2) is 12.7. The van der Waals surface area contributed by atoms with Crippen LogP contribution in [0.1, 0.15) is 36.6 Å². The molecule has 1 unspecified atom stereocenters. The van der Waals surface area contributed by atoms with Gasteiger partial charge in [-0.2, -0.15) is 0 Å². The van der Waals surface area contributed by atoms with Gasteiger partial charge >= 0.3 is 0 Å². The van der Waals surface area contributed by atoms with E-state index in [0.717, 1.165) is 36.2 Å². The quantitative estimate of drug-likeness (QED) is 0.180. The molecule has 0 saturated carbocycles. The third-order valence-electron chi connectivity index (χ3n) is 9.55. The van der Waals surface area contributed by atoms with Crippen molar-refractivity contribution in [1.29, 1.82) is 0 Å². The number of rotatable bonds is 6. The number of benzene rings is 5. The average molecular weight is 648 g/mol. The van der Waals surface area contributed by atoms with Gasteiger partial charge in [-0.15, -0.1) is 11.3 Å². The molecule has 0 saturated heterocycles. The molecule has 3 nitrogen and oxygen atoms in total. The molecule has 2 aromatic heterocycles. The SMILES string of the molecule is C1=CCC(c2nc(-c3ccccc3)nc(-c3ccc(C4=c5c(sc6ccc(-c7ccc(-c8ccccc8)cc7)cc56)=CCC4)cc3)n2)C=C1. The summed E-state index contributed by atoms with van der Waals surface area (Å²) in [6.45, 7) is 0. The summed E-state index contributed by atoms with van der Waals surface area (Å²) in [5.74, 6) is 2.37. The highest BCUT2D eigenvalue weighted by Crippen LogP contribution is 2.31. The van der Waals surface area contributed by atoms with Crippen LogP contribution >= 0.6 is 11.3 Å². The summed E-state index contributed by atoms with van der Waals surface area (Å²) in [7, 11) is 0. The minimum absolute atomic E-state index is 0.138. The van der Waals surface area contributed by atoms with Crippen LogP contribution in [0.25, 0.3) is 66.8 Å². The lowest BCUT2D eigenvalue weighted by molar-refractivity contribution is 0.764. The molecule has 0 aliphatic heterocycles. The van der Waals surface area contributed by atoms with Crippen molar-refractivity contribution in [2.45, 2.75) is 25.2 Å². The van der Waals surface area contributed by atoms with Crippen molar-refractivity contribution < 1.29 is 0 Å². The first kappa shape index (κ1) is 29.4.